The summed E-state index contributed by atoms with van der Waals surface area (Å²) in [5.74, 6) is -2.10. The Morgan fingerprint density at radius 2 is 1.34 bits per heavy atom. The minimum absolute atomic E-state index is 0.189. The number of carboxylic acid groups (broad SMARTS) is 2. The van der Waals surface area contributed by atoms with Crippen LogP contribution in [0.1, 0.15) is 22.8 Å². The maximum Gasteiger partial charge on any atom is 0.328 e. The second-order valence-corrected chi connectivity index (χ2v) is 6.20. The topological polar surface area (TPSA) is 172 Å². The van der Waals surface area contributed by atoms with Gasteiger partial charge < -0.3 is 25.2 Å². The molecule has 0 aliphatic carbocycles. The number of H-pyrrole nitrogens is 3. The summed E-state index contributed by atoms with van der Waals surface area (Å²) < 4.78 is 0. The van der Waals surface area contributed by atoms with Crippen LogP contribution in [0.25, 0.3) is 0 Å². The third-order valence-electron chi connectivity index (χ3n) is 4.02. The quantitative estimate of drug-likeness (QED) is 0.315. The maximum atomic E-state index is 11.4. The summed E-state index contributed by atoms with van der Waals surface area (Å²) in [5, 5.41) is 18.6. The van der Waals surface area contributed by atoms with Crippen LogP contribution >= 0.6 is 0 Å². The van der Waals surface area contributed by atoms with Crippen molar-refractivity contribution in [2.75, 3.05) is 0 Å². The van der Waals surface area contributed by atoms with Gasteiger partial charge in [0.1, 0.15) is 0 Å². The Balaban J connectivity index is 1.64. The van der Waals surface area contributed by atoms with Gasteiger partial charge in [0.15, 0.2) is 12.1 Å². The van der Waals surface area contributed by atoms with E-state index in [2.05, 4.69) is 34.9 Å². The first-order chi connectivity index (χ1) is 14.0. The van der Waals surface area contributed by atoms with Crippen molar-refractivity contribution in [3.05, 3.63) is 60.0 Å². The monoisotopic (exact) mass is 397 g/mol. The van der Waals surface area contributed by atoms with Gasteiger partial charge in [-0.25, -0.2) is 19.6 Å². The molecule has 3 rings (SSSR count). The zero-order chi connectivity index (χ0) is 20.6. The highest BCUT2D eigenvalue weighted by atomic mass is 16.4. The molecule has 0 unspecified atom stereocenters. The zero-order valence-electron chi connectivity index (χ0n) is 15.2. The SMILES string of the molecule is O=C(O)[C@H](Cc1cnc[nH]1)N=Cc1ccc(C=N[C@@H](Cc2cnc[nH]2)C(=O)O)[nH]1. The molecule has 0 amide bonds. The second-order valence-electron chi connectivity index (χ2n) is 6.20. The smallest absolute Gasteiger partial charge is 0.328 e. The van der Waals surface area contributed by atoms with Crippen molar-refractivity contribution >= 4 is 24.4 Å². The second kappa shape index (κ2) is 9.26. The number of aromatic nitrogens is 5. The Labute approximate surface area is 164 Å². The van der Waals surface area contributed by atoms with Gasteiger partial charge in [-0.05, 0) is 12.1 Å². The lowest BCUT2D eigenvalue weighted by Crippen LogP contribution is -2.21. The van der Waals surface area contributed by atoms with Gasteiger partial charge in [-0.2, -0.15) is 0 Å². The summed E-state index contributed by atoms with van der Waals surface area (Å²) in [7, 11) is 0. The van der Waals surface area contributed by atoms with E-state index < -0.39 is 24.0 Å². The predicted octanol–water partition coefficient (Wildman–Crippen LogP) is 0.691. The van der Waals surface area contributed by atoms with Crippen molar-refractivity contribution < 1.29 is 19.8 Å². The Morgan fingerprint density at radius 3 is 1.69 bits per heavy atom. The van der Waals surface area contributed by atoms with E-state index in [-0.39, 0.29) is 12.8 Å². The molecule has 3 heterocycles. The molecule has 0 aromatic carbocycles. The van der Waals surface area contributed by atoms with E-state index in [4.69, 9.17) is 0 Å². The molecule has 0 fully saturated rings. The molecule has 11 nitrogen and oxygen atoms in total. The van der Waals surface area contributed by atoms with Crippen molar-refractivity contribution in [3.63, 3.8) is 0 Å². The summed E-state index contributed by atoms with van der Waals surface area (Å²) in [6.07, 6.45) is 9.28. The number of aromatic amines is 3. The predicted molar refractivity (Wildman–Crippen MR) is 103 cm³/mol. The first-order valence-electron chi connectivity index (χ1n) is 8.66. The van der Waals surface area contributed by atoms with Crippen molar-refractivity contribution in [2.45, 2.75) is 24.9 Å². The largest absolute Gasteiger partial charge is 0.480 e. The van der Waals surface area contributed by atoms with Crippen LogP contribution in [-0.4, -0.2) is 71.6 Å². The van der Waals surface area contributed by atoms with Gasteiger partial charge in [0.2, 0.25) is 0 Å². The Morgan fingerprint density at radius 1 is 0.897 bits per heavy atom. The van der Waals surface area contributed by atoms with Gasteiger partial charge in [0, 0.05) is 49.1 Å². The number of carboxylic acids is 2. The fraction of sp³-hybridized carbons (Fsp3) is 0.222. The van der Waals surface area contributed by atoms with Gasteiger partial charge >= 0.3 is 11.9 Å². The average molecular weight is 397 g/mol. The molecule has 0 bridgehead atoms. The van der Waals surface area contributed by atoms with Crippen LogP contribution < -0.4 is 0 Å². The maximum absolute atomic E-state index is 11.4. The third-order valence-corrected chi connectivity index (χ3v) is 4.02. The van der Waals surface area contributed by atoms with Gasteiger partial charge in [0.25, 0.3) is 0 Å². The van der Waals surface area contributed by atoms with Gasteiger partial charge in [0.05, 0.1) is 24.0 Å². The van der Waals surface area contributed by atoms with Crippen molar-refractivity contribution in [1.82, 2.24) is 24.9 Å². The Hall–Kier alpha value is -4.02. The molecule has 0 aliphatic heterocycles. The minimum Gasteiger partial charge on any atom is -0.480 e. The Kier molecular flexibility index (Phi) is 6.30. The average Bonchev–Trinajstić information content (AvgIpc) is 3.45. The Bertz CT molecular complexity index is 911. The number of aliphatic carboxylic acids is 2. The molecule has 3 aromatic rings. The first kappa shape index (κ1) is 19.7. The van der Waals surface area contributed by atoms with E-state index >= 15 is 0 Å². The molecule has 3 aromatic heterocycles. The summed E-state index contributed by atoms with van der Waals surface area (Å²) >= 11 is 0. The summed E-state index contributed by atoms with van der Waals surface area (Å²) in [6, 6.07) is 1.48. The van der Waals surface area contributed by atoms with Crippen molar-refractivity contribution in [3.8, 4) is 0 Å². The van der Waals surface area contributed by atoms with Crippen LogP contribution in [0.5, 0.6) is 0 Å². The summed E-state index contributed by atoms with van der Waals surface area (Å²) in [6.45, 7) is 0. The molecule has 0 saturated carbocycles. The molecular formula is C18H19N7O4. The van der Waals surface area contributed by atoms with E-state index in [1.165, 1.54) is 25.1 Å². The van der Waals surface area contributed by atoms with E-state index in [9.17, 15) is 19.8 Å². The standard InChI is InChI=1S/C18H19N7O4/c26-17(27)15(3-13-5-19-9-23-13)21-7-11-1-2-12(25-11)8-22-16(18(28)29)4-14-6-20-10-24-14/h1-2,5-10,15-16,25H,3-4H2,(H,19,23)(H,20,24)(H,26,27)(H,28,29)/t15-,16-/m0/s1. The van der Waals surface area contributed by atoms with Crippen LogP contribution in [0.3, 0.4) is 0 Å². The van der Waals surface area contributed by atoms with Gasteiger partial charge in [-0.3, -0.25) is 9.98 Å². The van der Waals surface area contributed by atoms with E-state index in [0.717, 1.165) is 0 Å². The molecule has 150 valence electrons. The molecule has 0 spiro atoms. The number of aliphatic imine (C=N–C) groups is 2. The van der Waals surface area contributed by atoms with Crippen molar-refractivity contribution in [1.29, 1.82) is 0 Å². The van der Waals surface area contributed by atoms with Crippen LogP contribution in [0.15, 0.2) is 47.2 Å². The highest BCUT2D eigenvalue weighted by Gasteiger charge is 2.18. The van der Waals surface area contributed by atoms with Crippen LogP contribution in [0, 0.1) is 0 Å². The zero-order valence-corrected chi connectivity index (χ0v) is 15.2. The van der Waals surface area contributed by atoms with E-state index in [1.807, 2.05) is 0 Å². The lowest BCUT2D eigenvalue weighted by Gasteiger charge is -2.05. The number of nitrogens with zero attached hydrogens (tertiary/aromatic N) is 4. The third kappa shape index (κ3) is 5.73. The molecule has 2 atom stereocenters. The molecule has 11 heteroatoms. The van der Waals surface area contributed by atoms with Crippen LogP contribution in [-0.2, 0) is 22.4 Å². The number of hydrogen-bond donors (Lipinski definition) is 5. The van der Waals surface area contributed by atoms with Crippen LogP contribution in [0.4, 0.5) is 0 Å². The molecule has 5 N–H and O–H groups in total. The number of imidazole rings is 2. The minimum atomic E-state index is -1.05. The highest BCUT2D eigenvalue weighted by molar-refractivity contribution is 5.86. The van der Waals surface area contributed by atoms with Crippen LogP contribution in [0.2, 0.25) is 0 Å². The number of nitrogens with one attached hydrogen (secondary N) is 3. The number of hydrogen-bond acceptors (Lipinski definition) is 6. The van der Waals surface area contributed by atoms with Gasteiger partial charge in [-0.15, -0.1) is 0 Å². The fourth-order valence-corrected chi connectivity index (χ4v) is 2.54. The lowest BCUT2D eigenvalue weighted by molar-refractivity contribution is -0.139. The van der Waals surface area contributed by atoms with E-state index in [0.29, 0.717) is 22.8 Å². The molecule has 0 saturated heterocycles. The molecule has 29 heavy (non-hydrogen) atoms. The normalized spacial score (nSPS) is 13.8. The molecule has 0 radical (unpaired) electrons. The molecular weight excluding hydrogens is 378 g/mol. The van der Waals surface area contributed by atoms with Crippen molar-refractivity contribution in [2.24, 2.45) is 9.98 Å². The first-order valence-corrected chi connectivity index (χ1v) is 8.66. The molecule has 0 aliphatic rings. The summed E-state index contributed by atoms with van der Waals surface area (Å²) in [4.78, 5) is 47.4. The van der Waals surface area contributed by atoms with Gasteiger partial charge in [-0.1, -0.05) is 0 Å². The van der Waals surface area contributed by atoms with E-state index in [1.54, 1.807) is 24.5 Å². The summed E-state index contributed by atoms with van der Waals surface area (Å²) in [5.41, 5.74) is 2.49. The lowest BCUT2D eigenvalue weighted by atomic mass is 10.2. The highest BCUT2D eigenvalue weighted by Crippen LogP contribution is 2.06. The fourth-order valence-electron chi connectivity index (χ4n) is 2.54. The number of rotatable bonds is 10. The number of carbonyl (C=O) groups is 2.